The zero-order chi connectivity index (χ0) is 12.0. The normalized spacial score (nSPS) is 24.8. The molecule has 1 heterocycles. The minimum atomic E-state index is -0.475. The molecule has 0 aromatic carbocycles. The zero-order valence-electron chi connectivity index (χ0n) is 10.1. The van der Waals surface area contributed by atoms with Crippen LogP contribution < -0.4 is 11.1 Å². The van der Waals surface area contributed by atoms with Gasteiger partial charge in [0.2, 0.25) is 0 Å². The third-order valence-corrected chi connectivity index (χ3v) is 3.01. The summed E-state index contributed by atoms with van der Waals surface area (Å²) in [5.41, 5.74) is 5.29. The molecule has 1 rings (SSSR count). The summed E-state index contributed by atoms with van der Waals surface area (Å²) in [7, 11) is 0. The summed E-state index contributed by atoms with van der Waals surface area (Å²) in [6, 6.07) is 0. The molecule has 1 fully saturated rings. The Morgan fingerprint density at radius 2 is 2.31 bits per heavy atom. The van der Waals surface area contributed by atoms with E-state index in [9.17, 15) is 4.79 Å². The van der Waals surface area contributed by atoms with E-state index < -0.39 is 6.10 Å². The fraction of sp³-hybridized carbons (Fsp3) is 0.909. The Kier molecular flexibility index (Phi) is 5.18. The van der Waals surface area contributed by atoms with Crippen LogP contribution in [0.25, 0.3) is 0 Å². The summed E-state index contributed by atoms with van der Waals surface area (Å²) in [5.74, 6) is -0.0995. The standard InChI is InChI=1S/C11H22N2O3/c1-3-11(2,4-5-12)13-10(14)9-8-15-6-7-16-9/h9H,3-8,12H2,1-2H3,(H,13,14). The minimum Gasteiger partial charge on any atom is -0.376 e. The summed E-state index contributed by atoms with van der Waals surface area (Å²) in [4.78, 5) is 11.9. The number of carbonyl (C=O) groups excluding carboxylic acids is 1. The Morgan fingerprint density at radius 1 is 1.56 bits per heavy atom. The number of hydrogen-bond donors (Lipinski definition) is 2. The summed E-state index contributed by atoms with van der Waals surface area (Å²) in [6.45, 7) is 5.99. The molecule has 16 heavy (non-hydrogen) atoms. The highest BCUT2D eigenvalue weighted by Crippen LogP contribution is 2.14. The third-order valence-electron chi connectivity index (χ3n) is 3.01. The van der Waals surface area contributed by atoms with Gasteiger partial charge in [-0.1, -0.05) is 6.92 Å². The maximum absolute atomic E-state index is 11.9. The van der Waals surface area contributed by atoms with Crippen LogP contribution in [0.2, 0.25) is 0 Å². The molecule has 94 valence electrons. The number of ether oxygens (including phenoxy) is 2. The lowest BCUT2D eigenvalue weighted by molar-refractivity contribution is -0.149. The van der Waals surface area contributed by atoms with Gasteiger partial charge >= 0.3 is 0 Å². The van der Waals surface area contributed by atoms with Crippen LogP contribution in [-0.4, -0.2) is 43.9 Å². The Hall–Kier alpha value is -0.650. The average Bonchev–Trinajstić information content (AvgIpc) is 2.30. The highest BCUT2D eigenvalue weighted by Gasteiger charge is 2.29. The first kappa shape index (κ1) is 13.4. The van der Waals surface area contributed by atoms with Gasteiger partial charge in [-0.25, -0.2) is 0 Å². The largest absolute Gasteiger partial charge is 0.376 e. The van der Waals surface area contributed by atoms with E-state index in [1.54, 1.807) is 0 Å². The second-order valence-corrected chi connectivity index (χ2v) is 4.38. The molecule has 0 bridgehead atoms. The molecule has 0 aliphatic carbocycles. The van der Waals surface area contributed by atoms with Crippen molar-refractivity contribution in [1.29, 1.82) is 0 Å². The van der Waals surface area contributed by atoms with Crippen LogP contribution in [0.4, 0.5) is 0 Å². The highest BCUT2D eigenvalue weighted by molar-refractivity contribution is 5.81. The number of carbonyl (C=O) groups is 1. The quantitative estimate of drug-likeness (QED) is 0.699. The van der Waals surface area contributed by atoms with Gasteiger partial charge in [0.15, 0.2) is 6.10 Å². The highest BCUT2D eigenvalue weighted by atomic mass is 16.6. The molecule has 3 N–H and O–H groups in total. The molecular weight excluding hydrogens is 208 g/mol. The van der Waals surface area contributed by atoms with Crippen molar-refractivity contribution in [2.75, 3.05) is 26.4 Å². The molecule has 0 aromatic heterocycles. The van der Waals surface area contributed by atoms with Gasteiger partial charge in [-0.05, 0) is 26.3 Å². The lowest BCUT2D eigenvalue weighted by atomic mass is 9.94. The molecular formula is C11H22N2O3. The lowest BCUT2D eigenvalue weighted by Gasteiger charge is -2.32. The van der Waals surface area contributed by atoms with Crippen LogP contribution in [-0.2, 0) is 14.3 Å². The second kappa shape index (κ2) is 6.18. The van der Waals surface area contributed by atoms with Crippen LogP contribution in [0.3, 0.4) is 0 Å². The molecule has 5 nitrogen and oxygen atoms in total. The molecule has 1 aliphatic rings. The first-order valence-corrected chi connectivity index (χ1v) is 5.83. The van der Waals surface area contributed by atoms with E-state index in [4.69, 9.17) is 15.2 Å². The van der Waals surface area contributed by atoms with Crippen molar-refractivity contribution < 1.29 is 14.3 Å². The van der Waals surface area contributed by atoms with Gasteiger partial charge < -0.3 is 20.5 Å². The van der Waals surface area contributed by atoms with Crippen molar-refractivity contribution in [1.82, 2.24) is 5.32 Å². The number of rotatable bonds is 5. The molecule has 0 aromatic rings. The predicted molar refractivity (Wildman–Crippen MR) is 61.1 cm³/mol. The Labute approximate surface area is 96.7 Å². The van der Waals surface area contributed by atoms with E-state index in [0.29, 0.717) is 26.4 Å². The van der Waals surface area contributed by atoms with Crippen molar-refractivity contribution in [2.45, 2.75) is 38.3 Å². The molecule has 2 atom stereocenters. The number of nitrogens with one attached hydrogen (secondary N) is 1. The maximum Gasteiger partial charge on any atom is 0.251 e. The van der Waals surface area contributed by atoms with Gasteiger partial charge in [-0.15, -0.1) is 0 Å². The third kappa shape index (κ3) is 3.73. The smallest absolute Gasteiger partial charge is 0.251 e. The van der Waals surface area contributed by atoms with Gasteiger partial charge in [0, 0.05) is 5.54 Å². The zero-order valence-corrected chi connectivity index (χ0v) is 10.1. The van der Waals surface area contributed by atoms with E-state index in [-0.39, 0.29) is 11.4 Å². The number of amides is 1. The number of hydrogen-bond acceptors (Lipinski definition) is 4. The molecule has 1 saturated heterocycles. The molecule has 1 amide bonds. The summed E-state index contributed by atoms with van der Waals surface area (Å²) in [5, 5.41) is 2.99. The molecule has 1 aliphatic heterocycles. The second-order valence-electron chi connectivity index (χ2n) is 4.38. The van der Waals surface area contributed by atoms with E-state index >= 15 is 0 Å². The van der Waals surface area contributed by atoms with Crippen LogP contribution >= 0.6 is 0 Å². The fourth-order valence-corrected chi connectivity index (χ4v) is 1.66. The van der Waals surface area contributed by atoms with Crippen molar-refractivity contribution in [2.24, 2.45) is 5.73 Å². The topological polar surface area (TPSA) is 73.6 Å². The van der Waals surface area contributed by atoms with Crippen LogP contribution in [0.15, 0.2) is 0 Å². The van der Waals surface area contributed by atoms with Gasteiger partial charge in [0.25, 0.3) is 5.91 Å². The van der Waals surface area contributed by atoms with Crippen molar-refractivity contribution in [3.05, 3.63) is 0 Å². The molecule has 5 heteroatoms. The molecule has 0 spiro atoms. The van der Waals surface area contributed by atoms with E-state index in [2.05, 4.69) is 5.32 Å². The first-order chi connectivity index (χ1) is 7.61. The fourth-order valence-electron chi connectivity index (χ4n) is 1.66. The molecule has 2 unspecified atom stereocenters. The van der Waals surface area contributed by atoms with Crippen LogP contribution in [0.1, 0.15) is 26.7 Å². The maximum atomic E-state index is 11.9. The summed E-state index contributed by atoms with van der Waals surface area (Å²) < 4.78 is 10.5. The monoisotopic (exact) mass is 230 g/mol. The van der Waals surface area contributed by atoms with Crippen molar-refractivity contribution in [3.8, 4) is 0 Å². The predicted octanol–water partition coefficient (Wildman–Crippen LogP) is 0.0355. The van der Waals surface area contributed by atoms with Crippen molar-refractivity contribution >= 4 is 5.91 Å². The lowest BCUT2D eigenvalue weighted by Crippen LogP contribution is -2.53. The average molecular weight is 230 g/mol. The van der Waals surface area contributed by atoms with E-state index in [1.165, 1.54) is 0 Å². The number of nitrogens with two attached hydrogens (primary N) is 1. The molecule has 0 saturated carbocycles. The van der Waals surface area contributed by atoms with Crippen molar-refractivity contribution in [3.63, 3.8) is 0 Å². The van der Waals surface area contributed by atoms with Gasteiger partial charge in [-0.3, -0.25) is 4.79 Å². The van der Waals surface area contributed by atoms with Gasteiger partial charge in [0.1, 0.15) is 0 Å². The Bertz CT molecular complexity index is 229. The van der Waals surface area contributed by atoms with Crippen LogP contribution in [0, 0.1) is 0 Å². The Balaban J connectivity index is 2.47. The Morgan fingerprint density at radius 3 is 2.81 bits per heavy atom. The van der Waals surface area contributed by atoms with Gasteiger partial charge in [-0.2, -0.15) is 0 Å². The van der Waals surface area contributed by atoms with Crippen LogP contribution in [0.5, 0.6) is 0 Å². The van der Waals surface area contributed by atoms with Gasteiger partial charge in [0.05, 0.1) is 19.8 Å². The first-order valence-electron chi connectivity index (χ1n) is 5.83. The summed E-state index contributed by atoms with van der Waals surface area (Å²) in [6.07, 6.45) is 1.14. The molecule has 0 radical (unpaired) electrons. The van der Waals surface area contributed by atoms with E-state index in [0.717, 1.165) is 12.8 Å². The summed E-state index contributed by atoms with van der Waals surface area (Å²) >= 11 is 0. The van der Waals surface area contributed by atoms with E-state index in [1.807, 2.05) is 13.8 Å². The minimum absolute atomic E-state index is 0.0995. The SMILES string of the molecule is CCC(C)(CCN)NC(=O)C1COCCO1.